The number of anilines is 3. The maximum absolute atomic E-state index is 2.54. The summed E-state index contributed by atoms with van der Waals surface area (Å²) in [5.74, 6) is 0. The molecule has 0 aliphatic heterocycles. The topological polar surface area (TPSA) is 3.24 Å². The molecule has 0 radical (unpaired) electrons. The Labute approximate surface area is 434 Å². The highest BCUT2D eigenvalue weighted by Crippen LogP contribution is 2.55. The molecule has 3 aliphatic rings. The Balaban J connectivity index is 0.933. The van der Waals surface area contributed by atoms with Crippen LogP contribution < -0.4 is 4.90 Å². The first-order valence-corrected chi connectivity index (χ1v) is 26.4. The molecule has 0 bridgehead atoms. The molecule has 74 heavy (non-hydrogen) atoms. The first-order valence-electron chi connectivity index (χ1n) is 26.4. The van der Waals surface area contributed by atoms with Crippen molar-refractivity contribution in [3.8, 4) is 55.6 Å². The van der Waals surface area contributed by atoms with Gasteiger partial charge in [0.1, 0.15) is 0 Å². The summed E-state index contributed by atoms with van der Waals surface area (Å²) in [5.41, 5.74) is 24.4. The zero-order chi connectivity index (χ0) is 49.8. The summed E-state index contributed by atoms with van der Waals surface area (Å²) < 4.78 is 0. The number of hydrogen-bond acceptors (Lipinski definition) is 1. The van der Waals surface area contributed by atoms with Crippen LogP contribution in [-0.2, 0) is 16.2 Å². The number of fused-ring (bicyclic) bond motifs is 15. The van der Waals surface area contributed by atoms with Crippen LogP contribution in [0.3, 0.4) is 0 Å². The van der Waals surface area contributed by atoms with E-state index >= 15 is 0 Å². The van der Waals surface area contributed by atoms with E-state index in [0.717, 1.165) is 17.1 Å². The Morgan fingerprint density at radius 2 is 0.581 bits per heavy atom. The van der Waals surface area contributed by atoms with Gasteiger partial charge in [0, 0.05) is 33.0 Å². The Kier molecular flexibility index (Phi) is 8.89. The van der Waals surface area contributed by atoms with Crippen LogP contribution in [0.25, 0.3) is 98.7 Å². The van der Waals surface area contributed by atoms with Gasteiger partial charge >= 0.3 is 0 Å². The van der Waals surface area contributed by atoms with Crippen LogP contribution in [0.2, 0.25) is 0 Å². The van der Waals surface area contributed by atoms with E-state index in [2.05, 4.69) is 271 Å². The molecule has 0 N–H and O–H groups in total. The lowest BCUT2D eigenvalue weighted by Gasteiger charge is -2.31. The summed E-state index contributed by atoms with van der Waals surface area (Å²) in [5, 5.41) is 10.0. The monoisotopic (exact) mass is 945 g/mol. The van der Waals surface area contributed by atoms with Crippen LogP contribution >= 0.6 is 0 Å². The van der Waals surface area contributed by atoms with Crippen molar-refractivity contribution >= 4 is 60.2 Å². The van der Waals surface area contributed by atoms with Gasteiger partial charge in [-0.3, -0.25) is 0 Å². The van der Waals surface area contributed by atoms with Gasteiger partial charge in [0.25, 0.3) is 0 Å². The van der Waals surface area contributed by atoms with Crippen molar-refractivity contribution in [3.63, 3.8) is 0 Å². The van der Waals surface area contributed by atoms with Crippen molar-refractivity contribution in [2.24, 2.45) is 0 Å². The van der Waals surface area contributed by atoms with Gasteiger partial charge in [0.05, 0.1) is 5.69 Å². The molecule has 12 aromatic rings. The van der Waals surface area contributed by atoms with Gasteiger partial charge in [-0.1, -0.05) is 217 Å². The molecule has 12 aromatic carbocycles. The van der Waals surface area contributed by atoms with E-state index < -0.39 is 0 Å². The standard InChI is InChI=1S/C73H55N/c1-71(2)64-28-16-13-24-53(64)56-34-31-44(39-67(56)71)60-42-62-51-23-10-9-22-50(51)61(43-63(62)49-21-8-7-20-48(49)60)52-37-38-70(59-27-12-11-19-47(52)59)74(45-32-35-57-54-25-14-17-29-65(54)72(3,4)68(57)40-45)46-33-36-58-55-26-15-18-30-66(55)73(5,6)69(58)41-46/h7-43H,1-6H3. The van der Waals surface area contributed by atoms with Crippen molar-refractivity contribution in [2.75, 3.05) is 4.90 Å². The third-order valence-corrected chi connectivity index (χ3v) is 17.9. The molecule has 0 aromatic heterocycles. The van der Waals surface area contributed by atoms with Crippen LogP contribution in [0.5, 0.6) is 0 Å². The first-order chi connectivity index (χ1) is 36.0. The zero-order valence-corrected chi connectivity index (χ0v) is 42.8. The van der Waals surface area contributed by atoms with Crippen LogP contribution in [0.4, 0.5) is 17.1 Å². The molecule has 0 amide bonds. The summed E-state index contributed by atoms with van der Waals surface area (Å²) in [7, 11) is 0. The minimum atomic E-state index is -0.145. The second kappa shape index (κ2) is 15.3. The predicted molar refractivity (Wildman–Crippen MR) is 315 cm³/mol. The first kappa shape index (κ1) is 43.1. The van der Waals surface area contributed by atoms with Gasteiger partial charge in [-0.05, 0) is 175 Å². The number of rotatable bonds is 5. The minimum Gasteiger partial charge on any atom is -0.310 e. The summed E-state index contributed by atoms with van der Waals surface area (Å²) in [6.07, 6.45) is 0. The van der Waals surface area contributed by atoms with E-state index in [4.69, 9.17) is 0 Å². The molecule has 0 spiro atoms. The fraction of sp³-hybridized carbons (Fsp3) is 0.123. The van der Waals surface area contributed by atoms with Crippen molar-refractivity contribution in [2.45, 2.75) is 57.8 Å². The number of benzene rings is 12. The normalized spacial score (nSPS) is 14.9. The second-order valence-electron chi connectivity index (χ2n) is 22.8. The second-order valence-corrected chi connectivity index (χ2v) is 22.8. The van der Waals surface area contributed by atoms with Gasteiger partial charge < -0.3 is 4.90 Å². The third-order valence-electron chi connectivity index (χ3n) is 17.9. The van der Waals surface area contributed by atoms with E-state index in [1.807, 2.05) is 0 Å². The van der Waals surface area contributed by atoms with Crippen LogP contribution in [-0.4, -0.2) is 0 Å². The van der Waals surface area contributed by atoms with E-state index in [1.165, 1.54) is 132 Å². The van der Waals surface area contributed by atoms with Crippen molar-refractivity contribution in [1.29, 1.82) is 0 Å². The Morgan fingerprint density at radius 3 is 1.08 bits per heavy atom. The van der Waals surface area contributed by atoms with Crippen molar-refractivity contribution in [3.05, 3.63) is 258 Å². The van der Waals surface area contributed by atoms with Gasteiger partial charge in [0.2, 0.25) is 0 Å². The maximum atomic E-state index is 2.54. The van der Waals surface area contributed by atoms with Crippen LogP contribution in [0, 0.1) is 0 Å². The molecule has 352 valence electrons. The van der Waals surface area contributed by atoms with Gasteiger partial charge in [0.15, 0.2) is 0 Å². The summed E-state index contributed by atoms with van der Waals surface area (Å²) >= 11 is 0. The van der Waals surface area contributed by atoms with E-state index in [1.54, 1.807) is 0 Å². The predicted octanol–water partition coefficient (Wildman–Crippen LogP) is 20.0. The molecule has 1 heteroatoms. The van der Waals surface area contributed by atoms with E-state index in [9.17, 15) is 0 Å². The minimum absolute atomic E-state index is 0.0825. The molecule has 0 heterocycles. The molecule has 0 atom stereocenters. The number of hydrogen-bond donors (Lipinski definition) is 0. The highest BCUT2D eigenvalue weighted by molar-refractivity contribution is 6.25. The SMILES string of the molecule is CC1(C)c2ccccc2-c2ccc(-c3cc4c5ccccc5c(-c5ccc(N(c6ccc7c(c6)C(C)(C)c6ccccc6-7)c6ccc7c(c6)C(C)(C)c6ccccc6-7)c6ccccc56)cc4c4ccccc34)cc21. The molecule has 1 nitrogen and oxygen atoms in total. The fourth-order valence-electron chi connectivity index (χ4n) is 14.1. The van der Waals surface area contributed by atoms with Gasteiger partial charge in [-0.2, -0.15) is 0 Å². The Morgan fingerprint density at radius 1 is 0.230 bits per heavy atom. The lowest BCUT2D eigenvalue weighted by Crippen LogP contribution is -2.18. The quantitative estimate of drug-likeness (QED) is 0.155. The molecule has 0 saturated carbocycles. The van der Waals surface area contributed by atoms with Crippen LogP contribution in [0.15, 0.2) is 224 Å². The molecule has 15 rings (SSSR count). The number of nitrogens with zero attached hydrogens (tertiary/aromatic N) is 1. The van der Waals surface area contributed by atoms with Gasteiger partial charge in [-0.15, -0.1) is 0 Å². The van der Waals surface area contributed by atoms with E-state index in [-0.39, 0.29) is 16.2 Å². The molecule has 3 aliphatic carbocycles. The highest BCUT2D eigenvalue weighted by atomic mass is 15.1. The van der Waals surface area contributed by atoms with Gasteiger partial charge in [-0.25, -0.2) is 0 Å². The summed E-state index contributed by atoms with van der Waals surface area (Å²) in [6, 6.07) is 85.5. The highest BCUT2D eigenvalue weighted by Gasteiger charge is 2.39. The lowest BCUT2D eigenvalue weighted by atomic mass is 9.81. The van der Waals surface area contributed by atoms with Crippen molar-refractivity contribution < 1.29 is 0 Å². The summed E-state index contributed by atoms with van der Waals surface area (Å²) in [4.78, 5) is 2.54. The average molecular weight is 946 g/mol. The Hall–Kier alpha value is -8.52. The molecule has 0 unspecified atom stereocenters. The van der Waals surface area contributed by atoms with E-state index in [0.29, 0.717) is 0 Å². The third kappa shape index (κ3) is 5.87. The lowest BCUT2D eigenvalue weighted by molar-refractivity contribution is 0.660. The Bertz CT molecular complexity index is 4300. The zero-order valence-electron chi connectivity index (χ0n) is 42.8. The smallest absolute Gasteiger partial charge is 0.0540 e. The maximum Gasteiger partial charge on any atom is 0.0540 e. The molecule has 0 fully saturated rings. The van der Waals surface area contributed by atoms with Crippen LogP contribution in [0.1, 0.15) is 74.9 Å². The molecular formula is C73H55N. The fourth-order valence-corrected chi connectivity index (χ4v) is 14.1. The molecule has 0 saturated heterocycles. The average Bonchev–Trinajstić information content (AvgIpc) is 3.92. The largest absolute Gasteiger partial charge is 0.310 e. The molecular weight excluding hydrogens is 891 g/mol. The van der Waals surface area contributed by atoms with Crippen molar-refractivity contribution in [1.82, 2.24) is 0 Å². The summed E-state index contributed by atoms with van der Waals surface area (Å²) in [6.45, 7) is 14.3.